The molecule has 0 spiro atoms. The summed E-state index contributed by atoms with van der Waals surface area (Å²) >= 11 is 0. The molecule has 1 saturated carbocycles. The highest BCUT2D eigenvalue weighted by molar-refractivity contribution is 5.64. The fourth-order valence-electron chi connectivity index (χ4n) is 3.52. The van der Waals surface area contributed by atoms with Crippen LogP contribution in [0.1, 0.15) is 43.7 Å². The predicted molar refractivity (Wildman–Crippen MR) is 91.4 cm³/mol. The molecule has 0 radical (unpaired) electrons. The molecule has 0 bridgehead atoms. The third kappa shape index (κ3) is 3.40. The van der Waals surface area contributed by atoms with Crippen LogP contribution >= 0.6 is 0 Å². The zero-order chi connectivity index (χ0) is 15.4. The smallest absolute Gasteiger partial charge is 0.0760 e. The van der Waals surface area contributed by atoms with E-state index in [1.54, 1.807) is 0 Å². The molecule has 3 rings (SSSR count). The Morgan fingerprint density at radius 1 is 0.864 bits per heavy atom. The maximum atomic E-state index is 10.6. The second kappa shape index (κ2) is 7.08. The van der Waals surface area contributed by atoms with Gasteiger partial charge in [-0.15, -0.1) is 0 Å². The quantitative estimate of drug-likeness (QED) is 0.883. The molecule has 1 aliphatic carbocycles. The van der Waals surface area contributed by atoms with Gasteiger partial charge in [0.25, 0.3) is 0 Å². The summed E-state index contributed by atoms with van der Waals surface area (Å²) in [5, 5.41) is 10.6. The fraction of sp³-hybridized carbons (Fsp3) is 0.400. The van der Waals surface area contributed by atoms with E-state index in [1.807, 2.05) is 30.3 Å². The van der Waals surface area contributed by atoms with Crippen molar-refractivity contribution in [1.82, 2.24) is 0 Å². The van der Waals surface area contributed by atoms with Gasteiger partial charge in [0, 0.05) is 0 Å². The lowest BCUT2D eigenvalue weighted by Crippen LogP contribution is -2.34. The summed E-state index contributed by atoms with van der Waals surface area (Å²) in [4.78, 5) is 0. The van der Waals surface area contributed by atoms with E-state index >= 15 is 0 Å². The summed E-state index contributed by atoms with van der Waals surface area (Å²) in [6.45, 7) is 0. The molecule has 0 unspecified atom stereocenters. The largest absolute Gasteiger partial charge is 0.391 e. The number of aliphatic hydroxyl groups excluding tert-OH is 1. The van der Waals surface area contributed by atoms with E-state index in [1.165, 1.54) is 24.8 Å². The van der Waals surface area contributed by atoms with Crippen LogP contribution in [0.4, 0.5) is 0 Å². The molecule has 2 nitrogen and oxygen atoms in total. The highest BCUT2D eigenvalue weighted by atomic mass is 16.3. The molecule has 2 atom stereocenters. The molecule has 3 N–H and O–H groups in total. The van der Waals surface area contributed by atoms with Crippen LogP contribution in [0, 0.1) is 5.92 Å². The van der Waals surface area contributed by atoms with Crippen LogP contribution in [0.3, 0.4) is 0 Å². The maximum Gasteiger partial charge on any atom is 0.0760 e. The summed E-state index contributed by atoms with van der Waals surface area (Å²) < 4.78 is 0. The van der Waals surface area contributed by atoms with E-state index in [0.717, 1.165) is 24.0 Å². The SMILES string of the molecule is N[C@H](c1cccc(-c2ccccc2)c1)[C@@H](O)C1CCCCC1. The van der Waals surface area contributed by atoms with Crippen molar-refractivity contribution in [2.45, 2.75) is 44.2 Å². The molecule has 2 aromatic carbocycles. The van der Waals surface area contributed by atoms with Gasteiger partial charge in [-0.3, -0.25) is 0 Å². The first kappa shape index (κ1) is 15.3. The molecule has 0 aliphatic heterocycles. The van der Waals surface area contributed by atoms with Crippen LogP contribution in [0.25, 0.3) is 11.1 Å². The fourth-order valence-corrected chi connectivity index (χ4v) is 3.52. The van der Waals surface area contributed by atoms with Crippen molar-refractivity contribution >= 4 is 0 Å². The van der Waals surface area contributed by atoms with Gasteiger partial charge in [-0.25, -0.2) is 0 Å². The Morgan fingerprint density at radius 3 is 2.27 bits per heavy atom. The minimum absolute atomic E-state index is 0.299. The number of nitrogens with two attached hydrogens (primary N) is 1. The maximum absolute atomic E-state index is 10.6. The van der Waals surface area contributed by atoms with Crippen LogP contribution in [0.2, 0.25) is 0 Å². The minimum Gasteiger partial charge on any atom is -0.391 e. The third-order valence-electron chi connectivity index (χ3n) is 4.88. The molecule has 2 heteroatoms. The molecule has 116 valence electrons. The Kier molecular flexibility index (Phi) is 4.91. The second-order valence-corrected chi connectivity index (χ2v) is 6.41. The van der Waals surface area contributed by atoms with Gasteiger partial charge in [0.2, 0.25) is 0 Å². The van der Waals surface area contributed by atoms with Crippen molar-refractivity contribution < 1.29 is 5.11 Å². The van der Waals surface area contributed by atoms with Crippen LogP contribution in [-0.4, -0.2) is 11.2 Å². The first-order valence-corrected chi connectivity index (χ1v) is 8.35. The zero-order valence-corrected chi connectivity index (χ0v) is 13.0. The number of hydrogen-bond donors (Lipinski definition) is 2. The van der Waals surface area contributed by atoms with E-state index in [9.17, 15) is 5.11 Å². The van der Waals surface area contributed by atoms with E-state index in [0.29, 0.717) is 5.92 Å². The number of rotatable bonds is 4. The molecule has 2 aromatic rings. The van der Waals surface area contributed by atoms with E-state index in [-0.39, 0.29) is 6.04 Å². The van der Waals surface area contributed by atoms with Crippen LogP contribution in [0.15, 0.2) is 54.6 Å². The Balaban J connectivity index is 1.79. The average Bonchev–Trinajstić information content (AvgIpc) is 2.62. The van der Waals surface area contributed by atoms with Gasteiger partial charge in [-0.2, -0.15) is 0 Å². The molecule has 0 heterocycles. The number of hydrogen-bond acceptors (Lipinski definition) is 2. The highest BCUT2D eigenvalue weighted by Gasteiger charge is 2.27. The highest BCUT2D eigenvalue weighted by Crippen LogP contribution is 2.32. The average molecular weight is 295 g/mol. The van der Waals surface area contributed by atoms with Crippen molar-refractivity contribution in [3.63, 3.8) is 0 Å². The van der Waals surface area contributed by atoms with Crippen molar-refractivity contribution in [3.8, 4) is 11.1 Å². The van der Waals surface area contributed by atoms with Gasteiger partial charge in [0.15, 0.2) is 0 Å². The van der Waals surface area contributed by atoms with Gasteiger partial charge >= 0.3 is 0 Å². The normalized spacial score (nSPS) is 18.8. The first-order chi connectivity index (χ1) is 10.8. The monoisotopic (exact) mass is 295 g/mol. The van der Waals surface area contributed by atoms with Gasteiger partial charge in [0.05, 0.1) is 12.1 Å². The first-order valence-electron chi connectivity index (χ1n) is 8.35. The van der Waals surface area contributed by atoms with E-state index in [2.05, 4.69) is 24.3 Å². The summed E-state index contributed by atoms with van der Waals surface area (Å²) in [5.74, 6) is 0.351. The second-order valence-electron chi connectivity index (χ2n) is 6.41. The summed E-state index contributed by atoms with van der Waals surface area (Å²) in [6, 6.07) is 18.3. The van der Waals surface area contributed by atoms with Crippen molar-refractivity contribution in [1.29, 1.82) is 0 Å². The van der Waals surface area contributed by atoms with Crippen LogP contribution in [0.5, 0.6) is 0 Å². The molecule has 1 fully saturated rings. The molecule has 0 saturated heterocycles. The predicted octanol–water partition coefficient (Wildman–Crippen LogP) is 4.29. The van der Waals surface area contributed by atoms with Crippen molar-refractivity contribution in [2.75, 3.05) is 0 Å². The Labute approximate surface area is 133 Å². The van der Waals surface area contributed by atoms with Gasteiger partial charge in [-0.05, 0) is 41.5 Å². The summed E-state index contributed by atoms with van der Waals surface area (Å²) in [7, 11) is 0. The Morgan fingerprint density at radius 2 is 1.55 bits per heavy atom. The van der Waals surface area contributed by atoms with E-state index in [4.69, 9.17) is 5.73 Å². The zero-order valence-electron chi connectivity index (χ0n) is 13.0. The lowest BCUT2D eigenvalue weighted by Gasteiger charge is -2.30. The molecule has 22 heavy (non-hydrogen) atoms. The van der Waals surface area contributed by atoms with Crippen LogP contribution in [-0.2, 0) is 0 Å². The molecule has 0 amide bonds. The Hall–Kier alpha value is -1.64. The summed E-state index contributed by atoms with van der Waals surface area (Å²) in [5.41, 5.74) is 9.73. The molecular weight excluding hydrogens is 270 g/mol. The molecular formula is C20H25NO. The van der Waals surface area contributed by atoms with Gasteiger partial charge in [-0.1, -0.05) is 67.8 Å². The number of aliphatic hydroxyl groups is 1. The lowest BCUT2D eigenvalue weighted by atomic mass is 9.81. The third-order valence-corrected chi connectivity index (χ3v) is 4.88. The van der Waals surface area contributed by atoms with Gasteiger partial charge in [0.1, 0.15) is 0 Å². The minimum atomic E-state index is -0.439. The van der Waals surface area contributed by atoms with Crippen molar-refractivity contribution in [3.05, 3.63) is 60.2 Å². The van der Waals surface area contributed by atoms with E-state index < -0.39 is 6.10 Å². The lowest BCUT2D eigenvalue weighted by molar-refractivity contribution is 0.0618. The molecule has 0 aromatic heterocycles. The Bertz CT molecular complexity index is 590. The van der Waals surface area contributed by atoms with Crippen molar-refractivity contribution in [2.24, 2.45) is 11.7 Å². The topological polar surface area (TPSA) is 46.2 Å². The number of benzene rings is 2. The summed E-state index contributed by atoms with van der Waals surface area (Å²) in [6.07, 6.45) is 5.51. The standard InChI is InChI=1S/C20H25NO/c21-19(20(22)16-10-5-2-6-11-16)18-13-7-12-17(14-18)15-8-3-1-4-9-15/h1,3-4,7-9,12-14,16,19-20,22H,2,5-6,10-11,21H2/t19-,20+/m1/s1. The molecule has 1 aliphatic rings. The van der Waals surface area contributed by atoms with Crippen LogP contribution < -0.4 is 5.73 Å². The van der Waals surface area contributed by atoms with Gasteiger partial charge < -0.3 is 10.8 Å².